The summed E-state index contributed by atoms with van der Waals surface area (Å²) in [5, 5.41) is 21.3. The minimum Gasteiger partial charge on any atom is -0.475 e. The molecule has 7 heteroatoms. The van der Waals surface area contributed by atoms with Crippen LogP contribution in [0, 0.1) is 0 Å². The van der Waals surface area contributed by atoms with Crippen LogP contribution in [0.2, 0.25) is 0 Å². The second-order valence-corrected chi connectivity index (χ2v) is 7.98. The van der Waals surface area contributed by atoms with Gasteiger partial charge in [0.2, 0.25) is 5.76 Å². The van der Waals surface area contributed by atoms with Gasteiger partial charge in [0.1, 0.15) is 0 Å². The molecule has 0 amide bonds. The van der Waals surface area contributed by atoms with Gasteiger partial charge in [-0.25, -0.2) is 4.79 Å². The molecule has 0 aliphatic carbocycles. The summed E-state index contributed by atoms with van der Waals surface area (Å²) in [6.45, 7) is 7.56. The molecule has 2 heterocycles. The summed E-state index contributed by atoms with van der Waals surface area (Å²) in [6.07, 6.45) is -0.362. The number of carboxylic acid groups (broad SMARTS) is 1. The van der Waals surface area contributed by atoms with Gasteiger partial charge in [-0.05, 0) is 53.3 Å². The molecule has 0 aliphatic heterocycles. The fraction of sp³-hybridized carbons (Fsp3) is 0.292. The summed E-state index contributed by atoms with van der Waals surface area (Å²) in [5.74, 6) is -1.11. The van der Waals surface area contributed by atoms with Crippen molar-refractivity contribution >= 4 is 43.7 Å². The third kappa shape index (κ3) is 5.55. The number of hydrogen-bond acceptors (Lipinski definition) is 4. The molecule has 2 N–H and O–H groups in total. The molecule has 0 saturated carbocycles. The van der Waals surface area contributed by atoms with Crippen molar-refractivity contribution in [2.75, 3.05) is 19.6 Å². The lowest BCUT2D eigenvalue weighted by Crippen LogP contribution is -2.34. The van der Waals surface area contributed by atoms with Crippen LogP contribution in [0.1, 0.15) is 24.4 Å². The Morgan fingerprint density at radius 2 is 1.55 bits per heavy atom. The second-order valence-electron chi connectivity index (χ2n) is 7.19. The average molecular weight is 487 g/mol. The molecule has 31 heavy (non-hydrogen) atoms. The van der Waals surface area contributed by atoms with Gasteiger partial charge in [-0.1, -0.05) is 50.2 Å². The van der Waals surface area contributed by atoms with Crippen LogP contribution in [-0.2, 0) is 6.54 Å². The van der Waals surface area contributed by atoms with E-state index in [1.54, 1.807) is 0 Å². The van der Waals surface area contributed by atoms with Crippen molar-refractivity contribution in [3.05, 3.63) is 71.1 Å². The first-order valence-corrected chi connectivity index (χ1v) is 11.1. The van der Waals surface area contributed by atoms with E-state index in [-0.39, 0.29) is 11.9 Å². The maximum Gasteiger partial charge on any atom is 0.371 e. The highest BCUT2D eigenvalue weighted by Crippen LogP contribution is 2.28. The maximum atomic E-state index is 10.5. The Bertz CT molecular complexity index is 1090. The number of furan rings is 1. The zero-order valence-corrected chi connectivity index (χ0v) is 19.2. The van der Waals surface area contributed by atoms with E-state index < -0.39 is 5.97 Å². The van der Waals surface area contributed by atoms with E-state index in [1.165, 1.54) is 33.9 Å². The maximum absolute atomic E-state index is 10.5. The third-order valence-corrected chi connectivity index (χ3v) is 5.65. The molecular weight excluding hydrogens is 460 g/mol. The number of aromatic nitrogens is 1. The van der Waals surface area contributed by atoms with E-state index in [9.17, 15) is 9.90 Å². The SMILES string of the molecule is CCN(CC)CC(O)Cn1c2ccccc2c2ccccc21.O=C(O)c1ccc(Br)o1. The second kappa shape index (κ2) is 10.6. The molecule has 1 atom stereocenters. The highest BCUT2D eigenvalue weighted by Gasteiger charge is 2.14. The lowest BCUT2D eigenvalue weighted by atomic mass is 10.2. The summed E-state index contributed by atoms with van der Waals surface area (Å²) >= 11 is 2.97. The van der Waals surface area contributed by atoms with Crippen molar-refractivity contribution < 1.29 is 19.4 Å². The normalized spacial score (nSPS) is 12.2. The molecule has 0 spiro atoms. The number of likely N-dealkylation sites (N-methyl/N-ethyl adjacent to an activating group) is 1. The van der Waals surface area contributed by atoms with Gasteiger partial charge in [0, 0.05) is 28.4 Å². The fourth-order valence-electron chi connectivity index (χ4n) is 3.68. The van der Waals surface area contributed by atoms with Gasteiger partial charge >= 0.3 is 5.97 Å². The van der Waals surface area contributed by atoms with Crippen molar-refractivity contribution in [2.45, 2.75) is 26.5 Å². The van der Waals surface area contributed by atoms with E-state index in [1.807, 2.05) is 0 Å². The molecule has 1 unspecified atom stereocenters. The van der Waals surface area contributed by atoms with Crippen LogP contribution in [0.4, 0.5) is 0 Å². The number of aliphatic hydroxyl groups excluding tert-OH is 1. The topological polar surface area (TPSA) is 78.8 Å². The Kier molecular flexibility index (Phi) is 7.90. The average Bonchev–Trinajstić information content (AvgIpc) is 3.35. The number of carboxylic acids is 1. The Labute approximate surface area is 189 Å². The predicted octanol–water partition coefficient (Wildman–Crippen LogP) is 5.24. The standard InChI is InChI=1S/C19H24N2O.C5H3BrO3/c1-3-20(4-2)13-15(22)14-21-18-11-7-5-9-16(18)17-10-6-8-12-19(17)21;6-4-2-1-3(9-4)5(7)8/h5-12,15,22H,3-4,13-14H2,1-2H3;1-2H,(H,7,8). The lowest BCUT2D eigenvalue weighted by Gasteiger charge is -2.22. The number of rotatable bonds is 7. The van der Waals surface area contributed by atoms with Crippen LogP contribution < -0.4 is 0 Å². The Hall–Kier alpha value is -2.61. The molecule has 0 radical (unpaired) electrons. The third-order valence-electron chi connectivity index (χ3n) is 5.22. The zero-order chi connectivity index (χ0) is 22.4. The number of nitrogens with zero attached hydrogens (tertiary/aromatic N) is 2. The molecule has 6 nitrogen and oxygen atoms in total. The number of aliphatic hydroxyl groups is 1. The summed E-state index contributed by atoms with van der Waals surface area (Å²) in [4.78, 5) is 12.4. The first-order valence-electron chi connectivity index (χ1n) is 10.3. The number of halogens is 1. The molecule has 0 bridgehead atoms. The van der Waals surface area contributed by atoms with Crippen molar-refractivity contribution in [1.82, 2.24) is 9.47 Å². The van der Waals surface area contributed by atoms with Gasteiger partial charge in [-0.15, -0.1) is 0 Å². The number of hydrogen-bond donors (Lipinski definition) is 2. The summed E-state index contributed by atoms with van der Waals surface area (Å²) in [5.41, 5.74) is 2.39. The van der Waals surface area contributed by atoms with Crippen molar-refractivity contribution in [2.24, 2.45) is 0 Å². The van der Waals surface area contributed by atoms with E-state index >= 15 is 0 Å². The molecule has 0 saturated heterocycles. The highest BCUT2D eigenvalue weighted by molar-refractivity contribution is 9.10. The number of carbonyl (C=O) groups is 1. The zero-order valence-electron chi connectivity index (χ0n) is 17.7. The molecule has 2 aromatic carbocycles. The number of fused-ring (bicyclic) bond motifs is 3. The number of para-hydroxylation sites is 2. The summed E-state index contributed by atoms with van der Waals surface area (Å²) in [7, 11) is 0. The van der Waals surface area contributed by atoms with Gasteiger partial charge in [-0.2, -0.15) is 0 Å². The molecule has 2 aromatic heterocycles. The molecule has 0 fully saturated rings. The quantitative estimate of drug-likeness (QED) is 0.373. The van der Waals surface area contributed by atoms with Crippen LogP contribution in [0.3, 0.4) is 0 Å². The number of benzene rings is 2. The monoisotopic (exact) mass is 486 g/mol. The van der Waals surface area contributed by atoms with Gasteiger partial charge in [0.05, 0.1) is 12.6 Å². The molecule has 0 aliphatic rings. The first kappa shape index (κ1) is 23.1. The first-order chi connectivity index (χ1) is 14.9. The van der Waals surface area contributed by atoms with E-state index in [0.29, 0.717) is 17.8 Å². The van der Waals surface area contributed by atoms with Gasteiger partial charge in [0.15, 0.2) is 4.67 Å². The van der Waals surface area contributed by atoms with Crippen molar-refractivity contribution in [1.29, 1.82) is 0 Å². The fourth-order valence-corrected chi connectivity index (χ4v) is 3.98. The lowest BCUT2D eigenvalue weighted by molar-refractivity contribution is 0.0661. The molecule has 4 rings (SSSR count). The molecular formula is C24H27BrN2O4. The molecule has 164 valence electrons. The number of aromatic carboxylic acids is 1. The van der Waals surface area contributed by atoms with Gasteiger partial charge < -0.3 is 24.1 Å². The molecule has 4 aromatic rings. The van der Waals surface area contributed by atoms with Crippen LogP contribution >= 0.6 is 15.9 Å². The Morgan fingerprint density at radius 3 is 1.97 bits per heavy atom. The van der Waals surface area contributed by atoms with Crippen LogP contribution in [-0.4, -0.2) is 51.4 Å². The minimum absolute atomic E-state index is 0.0538. The highest BCUT2D eigenvalue weighted by atomic mass is 79.9. The van der Waals surface area contributed by atoms with Crippen LogP contribution in [0.15, 0.2) is 69.8 Å². The van der Waals surface area contributed by atoms with Crippen LogP contribution in [0.5, 0.6) is 0 Å². The summed E-state index contributed by atoms with van der Waals surface area (Å²) in [6, 6.07) is 19.8. The smallest absolute Gasteiger partial charge is 0.371 e. The minimum atomic E-state index is -1.05. The van der Waals surface area contributed by atoms with Gasteiger partial charge in [0.25, 0.3) is 0 Å². The van der Waals surface area contributed by atoms with E-state index in [4.69, 9.17) is 5.11 Å². The van der Waals surface area contributed by atoms with E-state index in [0.717, 1.165) is 13.1 Å². The predicted molar refractivity (Wildman–Crippen MR) is 127 cm³/mol. The van der Waals surface area contributed by atoms with E-state index in [2.05, 4.69) is 92.2 Å². The largest absolute Gasteiger partial charge is 0.475 e. The van der Waals surface area contributed by atoms with Crippen LogP contribution in [0.25, 0.3) is 21.8 Å². The Morgan fingerprint density at radius 1 is 1.00 bits per heavy atom. The van der Waals surface area contributed by atoms with Crippen molar-refractivity contribution in [3.63, 3.8) is 0 Å². The Balaban J connectivity index is 0.000000254. The van der Waals surface area contributed by atoms with Gasteiger partial charge in [-0.3, -0.25) is 0 Å². The van der Waals surface area contributed by atoms with Crippen molar-refractivity contribution in [3.8, 4) is 0 Å². The summed E-state index contributed by atoms with van der Waals surface area (Å²) < 4.78 is 7.34.